The lowest BCUT2D eigenvalue weighted by atomic mass is 10.2. The van der Waals surface area contributed by atoms with Crippen LogP contribution >= 0.6 is 0 Å². The Kier molecular flexibility index (Phi) is 7.09. The topological polar surface area (TPSA) is 24.9 Å². The Morgan fingerprint density at radius 2 is 1.07 bits per heavy atom. The molecule has 0 rings (SSSR count). The Morgan fingerprint density at radius 3 is 1.21 bits per heavy atom. The van der Waals surface area contributed by atoms with Crippen molar-refractivity contribution in [3.8, 4) is 0 Å². The van der Waals surface area contributed by atoms with Gasteiger partial charge in [0.2, 0.25) is 0 Å². The van der Waals surface area contributed by atoms with Crippen LogP contribution in [0.15, 0.2) is 0 Å². The van der Waals surface area contributed by atoms with Crippen molar-refractivity contribution in [1.82, 2.24) is 9.80 Å². The first-order valence-corrected chi connectivity index (χ1v) is 4.86. The number of likely N-dealkylation sites (N-methyl/N-ethyl adjacent to an activating group) is 2. The minimum Gasteiger partial charge on any atom is -0.377 e. The zero-order valence-corrected chi connectivity index (χ0v) is 10.3. The molecule has 0 amide bonds. The molecule has 2 atom stereocenters. The second-order valence-corrected chi connectivity index (χ2v) is 4.07. The lowest BCUT2D eigenvalue weighted by Gasteiger charge is -2.29. The quantitative estimate of drug-likeness (QED) is 0.589. The van der Waals surface area contributed by atoms with Gasteiger partial charge in [0.1, 0.15) is 0 Å². The Balaban J connectivity index is 4.14. The summed E-state index contributed by atoms with van der Waals surface area (Å²) in [6.07, 6.45) is 0.245. The van der Waals surface area contributed by atoms with Gasteiger partial charge < -0.3 is 19.3 Å². The molecule has 0 bridgehead atoms. The fourth-order valence-corrected chi connectivity index (χ4v) is 1.41. The van der Waals surface area contributed by atoms with Crippen LogP contribution in [0.5, 0.6) is 0 Å². The highest BCUT2D eigenvalue weighted by Crippen LogP contribution is 2.05. The molecule has 0 aromatic rings. The van der Waals surface area contributed by atoms with Crippen molar-refractivity contribution in [3.63, 3.8) is 0 Å². The lowest BCUT2D eigenvalue weighted by molar-refractivity contribution is -0.0539. The van der Waals surface area contributed by atoms with Crippen molar-refractivity contribution in [2.45, 2.75) is 12.2 Å². The highest BCUT2D eigenvalue weighted by molar-refractivity contribution is 4.74. The molecule has 0 spiro atoms. The number of hydrogen-bond donors (Lipinski definition) is 0. The number of methoxy groups -OCH3 is 2. The zero-order chi connectivity index (χ0) is 11.1. The van der Waals surface area contributed by atoms with Crippen LogP contribution < -0.4 is 0 Å². The molecule has 0 aromatic heterocycles. The summed E-state index contributed by atoms with van der Waals surface area (Å²) in [5.41, 5.74) is 0. The lowest BCUT2D eigenvalue weighted by Crippen LogP contribution is -2.43. The fourth-order valence-electron chi connectivity index (χ4n) is 1.41. The van der Waals surface area contributed by atoms with Gasteiger partial charge in [-0.25, -0.2) is 0 Å². The molecule has 0 saturated heterocycles. The summed E-state index contributed by atoms with van der Waals surface area (Å²) in [5, 5.41) is 0. The predicted octanol–water partition coefficient (Wildman–Crippen LogP) is 0.140. The zero-order valence-electron chi connectivity index (χ0n) is 10.3. The van der Waals surface area contributed by atoms with Crippen molar-refractivity contribution in [3.05, 3.63) is 0 Å². The van der Waals surface area contributed by atoms with Crippen LogP contribution in [-0.2, 0) is 9.47 Å². The highest BCUT2D eigenvalue weighted by atomic mass is 16.5. The van der Waals surface area contributed by atoms with E-state index in [4.69, 9.17) is 9.47 Å². The van der Waals surface area contributed by atoms with Crippen LogP contribution in [0.4, 0.5) is 0 Å². The Morgan fingerprint density at radius 1 is 0.786 bits per heavy atom. The maximum absolute atomic E-state index is 5.42. The third-order valence-corrected chi connectivity index (χ3v) is 2.11. The van der Waals surface area contributed by atoms with Gasteiger partial charge >= 0.3 is 0 Å². The van der Waals surface area contributed by atoms with E-state index in [0.717, 1.165) is 13.1 Å². The first kappa shape index (κ1) is 13.8. The van der Waals surface area contributed by atoms with Gasteiger partial charge in [-0.2, -0.15) is 0 Å². The molecule has 4 nitrogen and oxygen atoms in total. The predicted molar refractivity (Wildman–Crippen MR) is 58.7 cm³/mol. The number of nitrogens with zero attached hydrogens (tertiary/aromatic N) is 2. The molecule has 0 aliphatic rings. The first-order chi connectivity index (χ1) is 6.51. The molecule has 4 heteroatoms. The second-order valence-electron chi connectivity index (χ2n) is 4.07. The molecule has 86 valence electrons. The van der Waals surface area contributed by atoms with E-state index in [1.54, 1.807) is 14.2 Å². The van der Waals surface area contributed by atoms with Crippen LogP contribution in [0.25, 0.3) is 0 Å². The van der Waals surface area contributed by atoms with E-state index in [-0.39, 0.29) is 12.2 Å². The Hall–Kier alpha value is -0.160. The summed E-state index contributed by atoms with van der Waals surface area (Å²) in [5.74, 6) is 0. The summed E-state index contributed by atoms with van der Waals surface area (Å²) in [6.45, 7) is 1.76. The van der Waals surface area contributed by atoms with Crippen molar-refractivity contribution in [2.24, 2.45) is 0 Å². The van der Waals surface area contributed by atoms with E-state index in [1.165, 1.54) is 0 Å². The second kappa shape index (κ2) is 7.17. The Bertz CT molecular complexity index is 124. The average molecular weight is 204 g/mol. The summed E-state index contributed by atoms with van der Waals surface area (Å²) in [6, 6.07) is 0. The third kappa shape index (κ3) is 5.54. The monoisotopic (exact) mass is 204 g/mol. The molecule has 0 radical (unpaired) electrons. The molecule has 0 aliphatic carbocycles. The van der Waals surface area contributed by atoms with Gasteiger partial charge in [-0.1, -0.05) is 0 Å². The molecule has 0 fully saturated rings. The average Bonchev–Trinajstić information content (AvgIpc) is 2.10. The minimum absolute atomic E-state index is 0.123. The minimum atomic E-state index is 0.123. The van der Waals surface area contributed by atoms with Crippen LogP contribution in [0.1, 0.15) is 0 Å². The van der Waals surface area contributed by atoms with Crippen molar-refractivity contribution in [1.29, 1.82) is 0 Å². The normalized spacial score (nSPS) is 16.3. The Labute approximate surface area is 87.8 Å². The molecular weight excluding hydrogens is 180 g/mol. The molecule has 0 aliphatic heterocycles. The molecule has 0 heterocycles. The van der Waals surface area contributed by atoms with Crippen LogP contribution in [0, 0.1) is 0 Å². The summed E-state index contributed by atoms with van der Waals surface area (Å²) >= 11 is 0. The first-order valence-electron chi connectivity index (χ1n) is 4.86. The van der Waals surface area contributed by atoms with Crippen molar-refractivity contribution >= 4 is 0 Å². The molecular formula is C10H24N2O2. The molecule has 0 saturated carbocycles. The van der Waals surface area contributed by atoms with Gasteiger partial charge in [-0.05, 0) is 28.2 Å². The summed E-state index contributed by atoms with van der Waals surface area (Å²) < 4.78 is 10.8. The van der Waals surface area contributed by atoms with Crippen molar-refractivity contribution in [2.75, 3.05) is 55.5 Å². The van der Waals surface area contributed by atoms with E-state index in [2.05, 4.69) is 9.80 Å². The van der Waals surface area contributed by atoms with Crippen LogP contribution in [-0.4, -0.2) is 77.5 Å². The number of ether oxygens (including phenoxy) is 2. The van der Waals surface area contributed by atoms with Gasteiger partial charge in [0.25, 0.3) is 0 Å². The molecule has 0 aromatic carbocycles. The number of rotatable bonds is 7. The van der Waals surface area contributed by atoms with Gasteiger partial charge in [-0.3, -0.25) is 0 Å². The summed E-state index contributed by atoms with van der Waals surface area (Å²) in [7, 11) is 11.6. The highest BCUT2D eigenvalue weighted by Gasteiger charge is 2.21. The van der Waals surface area contributed by atoms with Crippen LogP contribution in [0.3, 0.4) is 0 Å². The standard InChI is InChI=1S/C10H24N2O2/c1-11(2)7-9(13-5)10(14-6)8-12(3)4/h9-10H,7-8H2,1-6H3. The van der Waals surface area contributed by atoms with E-state index in [1.807, 2.05) is 28.2 Å². The van der Waals surface area contributed by atoms with Gasteiger partial charge in [0.05, 0.1) is 12.2 Å². The van der Waals surface area contributed by atoms with E-state index in [9.17, 15) is 0 Å². The molecule has 0 N–H and O–H groups in total. The van der Waals surface area contributed by atoms with Gasteiger partial charge in [0, 0.05) is 27.3 Å². The molecule has 2 unspecified atom stereocenters. The maximum atomic E-state index is 5.42. The number of hydrogen-bond acceptors (Lipinski definition) is 4. The third-order valence-electron chi connectivity index (χ3n) is 2.11. The van der Waals surface area contributed by atoms with Gasteiger partial charge in [0.15, 0.2) is 0 Å². The molecule has 14 heavy (non-hydrogen) atoms. The van der Waals surface area contributed by atoms with Crippen LogP contribution in [0.2, 0.25) is 0 Å². The van der Waals surface area contributed by atoms with E-state index < -0.39 is 0 Å². The SMILES string of the molecule is COC(CN(C)C)C(CN(C)C)OC. The maximum Gasteiger partial charge on any atom is 0.0971 e. The van der Waals surface area contributed by atoms with Gasteiger partial charge in [-0.15, -0.1) is 0 Å². The smallest absolute Gasteiger partial charge is 0.0971 e. The summed E-state index contributed by atoms with van der Waals surface area (Å²) in [4.78, 5) is 4.21. The van der Waals surface area contributed by atoms with Crippen molar-refractivity contribution < 1.29 is 9.47 Å². The van der Waals surface area contributed by atoms with E-state index >= 15 is 0 Å². The van der Waals surface area contributed by atoms with E-state index in [0.29, 0.717) is 0 Å². The largest absolute Gasteiger partial charge is 0.377 e. The fraction of sp³-hybridized carbons (Fsp3) is 1.00.